The fraction of sp³-hybridized carbons (Fsp3) is 0.714. The normalized spacial score (nSPS) is 27.1. The van der Waals surface area contributed by atoms with E-state index in [0.717, 1.165) is 19.3 Å². The molecule has 96 valence electrons. The molecule has 1 heterocycles. The van der Waals surface area contributed by atoms with Gasteiger partial charge >= 0.3 is 0 Å². The van der Waals surface area contributed by atoms with Gasteiger partial charge < -0.3 is 10.4 Å². The van der Waals surface area contributed by atoms with Crippen molar-refractivity contribution in [3.63, 3.8) is 0 Å². The van der Waals surface area contributed by atoms with Crippen LogP contribution < -0.4 is 5.32 Å². The summed E-state index contributed by atoms with van der Waals surface area (Å²) in [7, 11) is 0. The Morgan fingerprint density at radius 2 is 2.18 bits per heavy atom. The summed E-state index contributed by atoms with van der Waals surface area (Å²) in [4.78, 5) is 2.80. The highest BCUT2D eigenvalue weighted by Gasteiger charge is 2.22. The van der Waals surface area contributed by atoms with E-state index in [9.17, 15) is 5.11 Å². The number of aliphatic hydroxyl groups is 1. The molecule has 1 aromatic heterocycles. The van der Waals surface area contributed by atoms with Crippen LogP contribution in [0, 0.1) is 13.8 Å². The van der Waals surface area contributed by atoms with E-state index in [1.165, 1.54) is 21.7 Å². The van der Waals surface area contributed by atoms with Crippen LogP contribution in [0.4, 0.5) is 0 Å². The lowest BCUT2D eigenvalue weighted by atomic mass is 9.92. The van der Waals surface area contributed by atoms with Crippen molar-refractivity contribution in [2.45, 2.75) is 64.6 Å². The predicted octanol–water partition coefficient (Wildman–Crippen LogP) is 3.32. The summed E-state index contributed by atoms with van der Waals surface area (Å²) >= 11 is 1.87. The Morgan fingerprint density at radius 3 is 2.76 bits per heavy atom. The molecule has 1 saturated carbocycles. The Hall–Kier alpha value is -0.380. The molecule has 0 saturated heterocycles. The number of rotatable bonds is 3. The van der Waals surface area contributed by atoms with Crippen LogP contribution in [0.15, 0.2) is 6.07 Å². The maximum atomic E-state index is 9.68. The van der Waals surface area contributed by atoms with Crippen LogP contribution in [-0.4, -0.2) is 17.3 Å². The van der Waals surface area contributed by atoms with Crippen molar-refractivity contribution in [3.05, 3.63) is 21.4 Å². The van der Waals surface area contributed by atoms with Gasteiger partial charge in [-0.2, -0.15) is 0 Å². The lowest BCUT2D eigenvalue weighted by Crippen LogP contribution is -2.37. The van der Waals surface area contributed by atoms with Crippen LogP contribution in [0.2, 0.25) is 0 Å². The fourth-order valence-corrected chi connectivity index (χ4v) is 3.86. The number of aryl methyl sites for hydroxylation is 2. The van der Waals surface area contributed by atoms with Gasteiger partial charge in [0.2, 0.25) is 0 Å². The zero-order valence-corrected chi connectivity index (χ0v) is 11.8. The van der Waals surface area contributed by atoms with Gasteiger partial charge in [-0.3, -0.25) is 0 Å². The summed E-state index contributed by atoms with van der Waals surface area (Å²) in [6.45, 7) is 6.59. The van der Waals surface area contributed by atoms with Crippen molar-refractivity contribution in [1.82, 2.24) is 5.32 Å². The Bertz CT molecular complexity index is 374. The van der Waals surface area contributed by atoms with Gasteiger partial charge in [-0.15, -0.1) is 11.3 Å². The van der Waals surface area contributed by atoms with Crippen LogP contribution >= 0.6 is 11.3 Å². The van der Waals surface area contributed by atoms with Gasteiger partial charge in [0.1, 0.15) is 0 Å². The molecule has 0 aromatic carbocycles. The Labute approximate surface area is 108 Å². The van der Waals surface area contributed by atoms with E-state index in [2.05, 4.69) is 32.2 Å². The van der Waals surface area contributed by atoms with Gasteiger partial charge in [0, 0.05) is 21.8 Å². The Balaban J connectivity index is 1.96. The van der Waals surface area contributed by atoms with Gasteiger partial charge in [-0.1, -0.05) is 0 Å². The van der Waals surface area contributed by atoms with Crippen molar-refractivity contribution in [3.8, 4) is 0 Å². The predicted molar refractivity (Wildman–Crippen MR) is 73.6 cm³/mol. The molecule has 2 nitrogen and oxygen atoms in total. The quantitative estimate of drug-likeness (QED) is 0.866. The molecule has 1 fully saturated rings. The molecule has 0 aliphatic heterocycles. The highest BCUT2D eigenvalue weighted by atomic mass is 32.1. The minimum Gasteiger partial charge on any atom is -0.393 e. The molecule has 2 N–H and O–H groups in total. The Kier molecular flexibility index (Phi) is 4.23. The second kappa shape index (κ2) is 5.51. The molecule has 0 radical (unpaired) electrons. The third kappa shape index (κ3) is 3.30. The Morgan fingerprint density at radius 1 is 1.41 bits per heavy atom. The fourth-order valence-electron chi connectivity index (χ4n) is 2.84. The monoisotopic (exact) mass is 253 g/mol. The molecule has 2 rings (SSSR count). The van der Waals surface area contributed by atoms with Crippen molar-refractivity contribution in [1.29, 1.82) is 0 Å². The average molecular weight is 253 g/mol. The maximum Gasteiger partial charge on any atom is 0.0555 e. The molecule has 1 aliphatic rings. The first-order valence-electron chi connectivity index (χ1n) is 6.57. The van der Waals surface area contributed by atoms with Crippen LogP contribution in [0.5, 0.6) is 0 Å². The van der Waals surface area contributed by atoms with E-state index in [-0.39, 0.29) is 6.10 Å². The van der Waals surface area contributed by atoms with E-state index in [4.69, 9.17) is 0 Å². The number of nitrogens with one attached hydrogen (secondary N) is 1. The summed E-state index contributed by atoms with van der Waals surface area (Å²) < 4.78 is 0. The third-order valence-electron chi connectivity index (χ3n) is 3.68. The zero-order chi connectivity index (χ0) is 12.4. The zero-order valence-electron chi connectivity index (χ0n) is 11.0. The minimum atomic E-state index is -0.0984. The number of hydrogen-bond donors (Lipinski definition) is 2. The molecular weight excluding hydrogens is 230 g/mol. The largest absolute Gasteiger partial charge is 0.393 e. The van der Waals surface area contributed by atoms with Crippen LogP contribution in [0.1, 0.15) is 54.0 Å². The summed E-state index contributed by atoms with van der Waals surface area (Å²) in [5, 5.41) is 13.4. The van der Waals surface area contributed by atoms with Gasteiger partial charge in [-0.05, 0) is 58.1 Å². The van der Waals surface area contributed by atoms with Gasteiger partial charge in [0.15, 0.2) is 0 Å². The summed E-state index contributed by atoms with van der Waals surface area (Å²) in [6, 6.07) is 3.17. The number of hydrogen-bond acceptors (Lipinski definition) is 3. The first kappa shape index (κ1) is 13.1. The lowest BCUT2D eigenvalue weighted by molar-refractivity contribution is 0.109. The molecule has 3 unspecified atom stereocenters. The van der Waals surface area contributed by atoms with Crippen molar-refractivity contribution >= 4 is 11.3 Å². The lowest BCUT2D eigenvalue weighted by Gasteiger charge is -2.29. The number of thiophene rings is 1. The molecule has 0 spiro atoms. The molecular formula is C14H23NOS. The number of aliphatic hydroxyl groups excluding tert-OH is 1. The van der Waals surface area contributed by atoms with E-state index < -0.39 is 0 Å². The van der Waals surface area contributed by atoms with Gasteiger partial charge in [0.25, 0.3) is 0 Å². The molecule has 3 heteroatoms. The first-order chi connectivity index (χ1) is 8.06. The molecule has 1 aliphatic carbocycles. The first-order valence-corrected chi connectivity index (χ1v) is 7.39. The van der Waals surface area contributed by atoms with Crippen LogP contribution in [0.3, 0.4) is 0 Å². The molecule has 0 bridgehead atoms. The smallest absolute Gasteiger partial charge is 0.0555 e. The van der Waals surface area contributed by atoms with Crippen LogP contribution in [-0.2, 0) is 0 Å². The highest BCUT2D eigenvalue weighted by molar-refractivity contribution is 7.12. The average Bonchev–Trinajstić information content (AvgIpc) is 2.58. The van der Waals surface area contributed by atoms with Crippen molar-refractivity contribution < 1.29 is 5.11 Å². The molecule has 1 aromatic rings. The van der Waals surface area contributed by atoms with Gasteiger partial charge in [0.05, 0.1) is 6.10 Å². The topological polar surface area (TPSA) is 32.3 Å². The van der Waals surface area contributed by atoms with Gasteiger partial charge in [-0.25, -0.2) is 0 Å². The van der Waals surface area contributed by atoms with E-state index in [1.54, 1.807) is 0 Å². The minimum absolute atomic E-state index is 0.0984. The summed E-state index contributed by atoms with van der Waals surface area (Å²) in [5.74, 6) is 0. The second-order valence-corrected chi connectivity index (χ2v) is 6.73. The highest BCUT2D eigenvalue weighted by Crippen LogP contribution is 2.28. The van der Waals surface area contributed by atoms with Crippen LogP contribution in [0.25, 0.3) is 0 Å². The molecule has 0 amide bonds. The summed E-state index contributed by atoms with van der Waals surface area (Å²) in [5.41, 5.74) is 1.42. The summed E-state index contributed by atoms with van der Waals surface area (Å²) in [6.07, 6.45) is 4.13. The van der Waals surface area contributed by atoms with E-state index >= 15 is 0 Å². The van der Waals surface area contributed by atoms with Crippen molar-refractivity contribution in [2.24, 2.45) is 0 Å². The maximum absolute atomic E-state index is 9.68. The standard InChI is InChI=1S/C14H23NOS/c1-9-7-14(11(3)17-9)10(2)15-12-5-4-6-13(16)8-12/h7,10,12-13,15-16H,4-6,8H2,1-3H3. The molecule has 17 heavy (non-hydrogen) atoms. The SMILES string of the molecule is Cc1cc(C(C)NC2CCCC(O)C2)c(C)s1. The van der Waals surface area contributed by atoms with E-state index in [1.807, 2.05) is 11.3 Å². The van der Waals surface area contributed by atoms with E-state index in [0.29, 0.717) is 12.1 Å². The molecule has 3 atom stereocenters. The third-order valence-corrected chi connectivity index (χ3v) is 4.66. The second-order valence-electron chi connectivity index (χ2n) is 5.27. The van der Waals surface area contributed by atoms with Crippen molar-refractivity contribution in [2.75, 3.05) is 0 Å².